The number of halogens is 2. The Morgan fingerprint density at radius 3 is 2.48 bits per heavy atom. The topological polar surface area (TPSA) is 88.7 Å². The SMILES string of the molecule is CCc1ccc(OCC(=O)NC(=S)NNC(=O)c2ccc(OC)c(I)c2)c(Br)c1. The molecule has 2 aromatic carbocycles. The zero-order valence-corrected chi connectivity index (χ0v) is 20.2. The minimum absolute atomic E-state index is 0.0458. The Bertz CT molecular complexity index is 926. The highest BCUT2D eigenvalue weighted by molar-refractivity contribution is 14.1. The second-order valence-electron chi connectivity index (χ2n) is 5.71. The van der Waals surface area contributed by atoms with Crippen LogP contribution in [-0.4, -0.2) is 30.6 Å². The van der Waals surface area contributed by atoms with Crippen LogP contribution in [0.25, 0.3) is 0 Å². The van der Waals surface area contributed by atoms with Crippen molar-refractivity contribution in [2.24, 2.45) is 0 Å². The summed E-state index contributed by atoms with van der Waals surface area (Å²) in [5.74, 6) is 0.369. The summed E-state index contributed by atoms with van der Waals surface area (Å²) < 4.78 is 12.2. The molecule has 0 unspecified atom stereocenters. The quantitative estimate of drug-likeness (QED) is 0.271. The molecule has 3 N–H and O–H groups in total. The van der Waals surface area contributed by atoms with Crippen LogP contribution in [0.5, 0.6) is 11.5 Å². The molecule has 0 radical (unpaired) electrons. The summed E-state index contributed by atoms with van der Waals surface area (Å²) in [6, 6.07) is 10.7. The third-order valence-corrected chi connectivity index (χ3v) is 5.39. The Morgan fingerprint density at radius 1 is 1.14 bits per heavy atom. The number of hydrazine groups is 1. The number of hydrogen-bond acceptors (Lipinski definition) is 5. The summed E-state index contributed by atoms with van der Waals surface area (Å²) in [7, 11) is 1.56. The van der Waals surface area contributed by atoms with Gasteiger partial charge < -0.3 is 9.47 Å². The maximum Gasteiger partial charge on any atom is 0.269 e. The van der Waals surface area contributed by atoms with Gasteiger partial charge in [0.2, 0.25) is 0 Å². The lowest BCUT2D eigenvalue weighted by atomic mass is 10.2. The van der Waals surface area contributed by atoms with Gasteiger partial charge in [0.1, 0.15) is 11.5 Å². The first-order chi connectivity index (χ1) is 13.8. The Labute approximate surface area is 196 Å². The Kier molecular flexibility index (Phi) is 9.11. The summed E-state index contributed by atoms with van der Waals surface area (Å²) in [5.41, 5.74) is 6.48. The van der Waals surface area contributed by atoms with Gasteiger partial charge in [-0.05, 0) is 93.1 Å². The van der Waals surface area contributed by atoms with Crippen LogP contribution in [-0.2, 0) is 11.2 Å². The van der Waals surface area contributed by atoms with E-state index in [2.05, 4.69) is 61.6 Å². The van der Waals surface area contributed by atoms with E-state index in [1.54, 1.807) is 31.4 Å². The molecule has 0 aliphatic heterocycles. The molecule has 0 bridgehead atoms. The van der Waals surface area contributed by atoms with E-state index in [0.717, 1.165) is 20.0 Å². The van der Waals surface area contributed by atoms with Crippen LogP contribution in [0, 0.1) is 3.57 Å². The van der Waals surface area contributed by atoms with Gasteiger partial charge in [-0.1, -0.05) is 13.0 Å². The van der Waals surface area contributed by atoms with Gasteiger partial charge in [0.15, 0.2) is 11.7 Å². The van der Waals surface area contributed by atoms with Crippen molar-refractivity contribution in [3.8, 4) is 11.5 Å². The average Bonchev–Trinajstić information content (AvgIpc) is 2.70. The first-order valence-corrected chi connectivity index (χ1v) is 10.8. The van der Waals surface area contributed by atoms with Gasteiger partial charge in [-0.25, -0.2) is 0 Å². The van der Waals surface area contributed by atoms with Crippen LogP contribution in [0.15, 0.2) is 40.9 Å². The summed E-state index contributed by atoms with van der Waals surface area (Å²) in [6.07, 6.45) is 0.903. The third-order valence-electron chi connectivity index (χ3n) is 3.72. The minimum Gasteiger partial charge on any atom is -0.496 e. The van der Waals surface area contributed by atoms with E-state index in [4.69, 9.17) is 21.7 Å². The molecule has 2 aromatic rings. The number of hydrogen-bond donors (Lipinski definition) is 3. The normalized spacial score (nSPS) is 10.1. The van der Waals surface area contributed by atoms with E-state index in [-0.39, 0.29) is 11.7 Å². The number of amides is 2. The van der Waals surface area contributed by atoms with Crippen molar-refractivity contribution in [3.63, 3.8) is 0 Å². The highest BCUT2D eigenvalue weighted by Crippen LogP contribution is 2.26. The zero-order chi connectivity index (χ0) is 21.4. The molecule has 0 heterocycles. The number of nitrogens with one attached hydrogen (secondary N) is 3. The van der Waals surface area contributed by atoms with Crippen molar-refractivity contribution in [2.75, 3.05) is 13.7 Å². The Hall–Kier alpha value is -1.92. The summed E-state index contributed by atoms with van der Waals surface area (Å²) >= 11 is 10.5. The molecule has 0 saturated heterocycles. The van der Waals surface area contributed by atoms with Gasteiger partial charge in [0.05, 0.1) is 15.2 Å². The highest BCUT2D eigenvalue weighted by Gasteiger charge is 2.11. The molecule has 0 atom stereocenters. The van der Waals surface area contributed by atoms with Crippen molar-refractivity contribution in [1.82, 2.24) is 16.2 Å². The molecule has 7 nitrogen and oxygen atoms in total. The maximum absolute atomic E-state index is 12.2. The number of carbonyl (C=O) groups excluding carboxylic acids is 2. The molecule has 0 aliphatic carbocycles. The number of benzene rings is 2. The molecule has 2 rings (SSSR count). The smallest absolute Gasteiger partial charge is 0.269 e. The molecule has 0 spiro atoms. The fraction of sp³-hybridized carbons (Fsp3) is 0.211. The van der Waals surface area contributed by atoms with Crippen LogP contribution in [0.4, 0.5) is 0 Å². The molecule has 2 amide bonds. The van der Waals surface area contributed by atoms with E-state index >= 15 is 0 Å². The summed E-state index contributed by atoms with van der Waals surface area (Å²) in [5, 5.41) is 2.39. The number of carbonyl (C=O) groups is 2. The molecular weight excluding hydrogens is 573 g/mol. The van der Waals surface area contributed by atoms with E-state index in [1.807, 2.05) is 12.1 Å². The molecule has 0 saturated carbocycles. The molecule has 0 aliphatic rings. The predicted octanol–water partition coefficient (Wildman–Crippen LogP) is 3.34. The first kappa shape index (κ1) is 23.4. The van der Waals surface area contributed by atoms with Gasteiger partial charge in [-0.3, -0.25) is 25.8 Å². The standard InChI is InChI=1S/C19H19BrIN3O4S/c1-3-11-4-6-15(13(20)8-11)28-10-17(25)22-19(29)24-23-18(26)12-5-7-16(27-2)14(21)9-12/h4-9H,3,10H2,1-2H3,(H,23,26)(H2,22,24,25,29). The fourth-order valence-electron chi connectivity index (χ4n) is 2.21. The molecular formula is C19H19BrIN3O4S. The number of methoxy groups -OCH3 is 1. The van der Waals surface area contributed by atoms with Crippen molar-refractivity contribution in [1.29, 1.82) is 0 Å². The lowest BCUT2D eigenvalue weighted by Gasteiger charge is -2.12. The third kappa shape index (κ3) is 7.12. The van der Waals surface area contributed by atoms with Gasteiger partial charge in [0, 0.05) is 5.56 Å². The lowest BCUT2D eigenvalue weighted by Crippen LogP contribution is -2.49. The lowest BCUT2D eigenvalue weighted by molar-refractivity contribution is -0.121. The summed E-state index contributed by atoms with van der Waals surface area (Å²) in [4.78, 5) is 24.2. The number of aryl methyl sites for hydroxylation is 1. The molecule has 29 heavy (non-hydrogen) atoms. The van der Waals surface area contributed by atoms with Crippen LogP contribution in [0.1, 0.15) is 22.8 Å². The van der Waals surface area contributed by atoms with Crippen molar-refractivity contribution in [2.45, 2.75) is 13.3 Å². The Balaban J connectivity index is 1.79. The predicted molar refractivity (Wildman–Crippen MR) is 126 cm³/mol. The van der Waals surface area contributed by atoms with E-state index < -0.39 is 11.8 Å². The molecule has 154 valence electrons. The second kappa shape index (κ2) is 11.3. The first-order valence-electron chi connectivity index (χ1n) is 8.49. The van der Waals surface area contributed by atoms with Crippen LogP contribution in [0.2, 0.25) is 0 Å². The van der Waals surface area contributed by atoms with Crippen LogP contribution in [0.3, 0.4) is 0 Å². The fourth-order valence-corrected chi connectivity index (χ4v) is 3.65. The van der Waals surface area contributed by atoms with Crippen LogP contribution >= 0.6 is 50.7 Å². The van der Waals surface area contributed by atoms with Crippen molar-refractivity contribution in [3.05, 3.63) is 55.6 Å². The molecule has 0 fully saturated rings. The van der Waals surface area contributed by atoms with Gasteiger partial charge in [0.25, 0.3) is 11.8 Å². The second-order valence-corrected chi connectivity index (χ2v) is 8.14. The van der Waals surface area contributed by atoms with E-state index in [9.17, 15) is 9.59 Å². The molecule has 10 heteroatoms. The number of ether oxygens (including phenoxy) is 2. The van der Waals surface area contributed by atoms with Crippen LogP contribution < -0.4 is 25.6 Å². The zero-order valence-electron chi connectivity index (χ0n) is 15.7. The van der Waals surface area contributed by atoms with Gasteiger partial charge >= 0.3 is 0 Å². The highest BCUT2D eigenvalue weighted by atomic mass is 127. The van der Waals surface area contributed by atoms with Gasteiger partial charge in [-0.2, -0.15) is 0 Å². The number of thiocarbonyl (C=S) groups is 1. The minimum atomic E-state index is -0.456. The average molecular weight is 592 g/mol. The van der Waals surface area contributed by atoms with Crippen molar-refractivity contribution >= 4 is 67.7 Å². The largest absolute Gasteiger partial charge is 0.496 e. The van der Waals surface area contributed by atoms with Crippen molar-refractivity contribution < 1.29 is 19.1 Å². The summed E-state index contributed by atoms with van der Waals surface area (Å²) in [6.45, 7) is 1.83. The number of rotatable bonds is 6. The Morgan fingerprint density at radius 2 is 1.86 bits per heavy atom. The monoisotopic (exact) mass is 591 g/mol. The van der Waals surface area contributed by atoms with Gasteiger partial charge in [-0.15, -0.1) is 0 Å². The van der Waals surface area contributed by atoms with E-state index in [1.165, 1.54) is 0 Å². The van der Waals surface area contributed by atoms with E-state index in [0.29, 0.717) is 17.1 Å². The maximum atomic E-state index is 12.2. The molecule has 0 aromatic heterocycles.